The first-order valence-corrected chi connectivity index (χ1v) is 9.46. The highest BCUT2D eigenvalue weighted by Gasteiger charge is 2.45. The second kappa shape index (κ2) is 6.43. The minimum atomic E-state index is -0.00711. The summed E-state index contributed by atoms with van der Waals surface area (Å²) in [4.78, 5) is 13.5. The molecule has 1 heterocycles. The standard InChI is InChI=1S/C16H16Br2N2OS/c1-10-8-11(17)2-3-12(10)20-15(21)9-19-16(6-7-16)13-4-5-14(18)22-13/h2-5,8,19H,6-7,9H2,1H3,(H,20,21). The summed E-state index contributed by atoms with van der Waals surface area (Å²) < 4.78 is 2.15. The van der Waals surface area contributed by atoms with Crippen molar-refractivity contribution in [2.45, 2.75) is 25.3 Å². The van der Waals surface area contributed by atoms with E-state index in [1.807, 2.05) is 25.1 Å². The molecule has 1 aromatic heterocycles. The van der Waals surface area contributed by atoms with E-state index >= 15 is 0 Å². The molecule has 0 bridgehead atoms. The van der Waals surface area contributed by atoms with Gasteiger partial charge in [-0.25, -0.2) is 0 Å². The van der Waals surface area contributed by atoms with Gasteiger partial charge in [-0.15, -0.1) is 11.3 Å². The van der Waals surface area contributed by atoms with Gasteiger partial charge >= 0.3 is 0 Å². The zero-order valence-electron chi connectivity index (χ0n) is 12.1. The van der Waals surface area contributed by atoms with Crippen molar-refractivity contribution in [1.29, 1.82) is 0 Å². The summed E-state index contributed by atoms with van der Waals surface area (Å²) in [6.07, 6.45) is 2.18. The van der Waals surface area contributed by atoms with Crippen molar-refractivity contribution in [3.8, 4) is 0 Å². The number of carbonyl (C=O) groups is 1. The smallest absolute Gasteiger partial charge is 0.238 e. The highest BCUT2D eigenvalue weighted by Crippen LogP contribution is 2.48. The minimum Gasteiger partial charge on any atom is -0.325 e. The Morgan fingerprint density at radius 1 is 1.27 bits per heavy atom. The molecule has 6 heteroatoms. The fourth-order valence-corrected chi connectivity index (χ4v) is 4.50. The van der Waals surface area contributed by atoms with Gasteiger partial charge < -0.3 is 5.32 Å². The van der Waals surface area contributed by atoms with Crippen molar-refractivity contribution in [3.05, 3.63) is 49.0 Å². The predicted molar refractivity (Wildman–Crippen MR) is 98.4 cm³/mol. The fourth-order valence-electron chi connectivity index (χ4n) is 2.42. The Morgan fingerprint density at radius 3 is 2.64 bits per heavy atom. The van der Waals surface area contributed by atoms with Crippen LogP contribution in [0, 0.1) is 6.92 Å². The monoisotopic (exact) mass is 442 g/mol. The topological polar surface area (TPSA) is 41.1 Å². The number of amides is 1. The van der Waals surface area contributed by atoms with Crippen molar-refractivity contribution in [1.82, 2.24) is 5.32 Å². The van der Waals surface area contributed by atoms with Gasteiger partial charge in [-0.05, 0) is 71.6 Å². The van der Waals surface area contributed by atoms with Crippen LogP contribution in [0.5, 0.6) is 0 Å². The number of benzene rings is 1. The van der Waals surface area contributed by atoms with Crippen molar-refractivity contribution in [2.24, 2.45) is 0 Å². The molecule has 116 valence electrons. The fraction of sp³-hybridized carbons (Fsp3) is 0.312. The second-order valence-electron chi connectivity index (χ2n) is 5.55. The van der Waals surface area contributed by atoms with Gasteiger partial charge in [-0.3, -0.25) is 10.1 Å². The molecule has 0 unspecified atom stereocenters. The largest absolute Gasteiger partial charge is 0.325 e. The maximum absolute atomic E-state index is 12.2. The van der Waals surface area contributed by atoms with E-state index in [1.54, 1.807) is 11.3 Å². The highest BCUT2D eigenvalue weighted by molar-refractivity contribution is 9.11. The van der Waals surface area contributed by atoms with E-state index in [-0.39, 0.29) is 11.4 Å². The number of aryl methyl sites for hydroxylation is 1. The second-order valence-corrected chi connectivity index (χ2v) is 8.93. The van der Waals surface area contributed by atoms with Crippen molar-refractivity contribution in [2.75, 3.05) is 11.9 Å². The normalized spacial score (nSPS) is 15.6. The molecule has 1 aliphatic rings. The van der Waals surface area contributed by atoms with Gasteiger partial charge in [0.15, 0.2) is 0 Å². The summed E-state index contributed by atoms with van der Waals surface area (Å²) in [6.45, 7) is 2.31. The first-order valence-electron chi connectivity index (χ1n) is 7.05. The van der Waals surface area contributed by atoms with E-state index in [4.69, 9.17) is 0 Å². The number of halogens is 2. The molecule has 1 aromatic carbocycles. The zero-order chi connectivity index (χ0) is 15.7. The van der Waals surface area contributed by atoms with E-state index < -0.39 is 0 Å². The van der Waals surface area contributed by atoms with Crippen LogP contribution in [0.3, 0.4) is 0 Å². The quantitative estimate of drug-likeness (QED) is 0.696. The van der Waals surface area contributed by atoms with Crippen LogP contribution in [0.2, 0.25) is 0 Å². The lowest BCUT2D eigenvalue weighted by Gasteiger charge is -2.16. The summed E-state index contributed by atoms with van der Waals surface area (Å²) in [5, 5.41) is 6.39. The van der Waals surface area contributed by atoms with Gasteiger partial charge in [-0.1, -0.05) is 15.9 Å². The highest BCUT2D eigenvalue weighted by atomic mass is 79.9. The molecule has 2 aromatic rings. The van der Waals surface area contributed by atoms with Crippen LogP contribution in [-0.4, -0.2) is 12.5 Å². The molecule has 1 aliphatic carbocycles. The Hall–Kier alpha value is -0.690. The molecule has 22 heavy (non-hydrogen) atoms. The Balaban J connectivity index is 1.59. The van der Waals surface area contributed by atoms with Gasteiger partial charge in [0, 0.05) is 15.0 Å². The van der Waals surface area contributed by atoms with Crippen LogP contribution in [0.4, 0.5) is 5.69 Å². The average molecular weight is 444 g/mol. The number of hydrogen-bond donors (Lipinski definition) is 2. The molecule has 1 fully saturated rings. The number of nitrogens with one attached hydrogen (secondary N) is 2. The van der Waals surface area contributed by atoms with E-state index in [1.165, 1.54) is 4.88 Å². The van der Waals surface area contributed by atoms with Crippen molar-refractivity contribution >= 4 is 54.8 Å². The van der Waals surface area contributed by atoms with Crippen LogP contribution in [0.1, 0.15) is 23.3 Å². The number of carbonyl (C=O) groups excluding carboxylic acids is 1. The van der Waals surface area contributed by atoms with Crippen LogP contribution >= 0.6 is 43.2 Å². The average Bonchev–Trinajstić information content (AvgIpc) is 3.14. The summed E-state index contributed by atoms with van der Waals surface area (Å²) >= 11 is 8.66. The zero-order valence-corrected chi connectivity index (χ0v) is 16.1. The summed E-state index contributed by atoms with van der Waals surface area (Å²) in [6, 6.07) is 10.0. The summed E-state index contributed by atoms with van der Waals surface area (Å²) in [5.74, 6) is -0.00711. The maximum atomic E-state index is 12.2. The molecule has 1 saturated carbocycles. The SMILES string of the molecule is Cc1cc(Br)ccc1NC(=O)CNC1(c2ccc(Br)s2)CC1. The van der Waals surface area contributed by atoms with Crippen LogP contribution in [0.25, 0.3) is 0 Å². The molecule has 2 N–H and O–H groups in total. The van der Waals surface area contributed by atoms with E-state index in [9.17, 15) is 4.79 Å². The molecule has 0 aliphatic heterocycles. The van der Waals surface area contributed by atoms with Crippen molar-refractivity contribution < 1.29 is 4.79 Å². The molecule has 0 radical (unpaired) electrons. The Bertz CT molecular complexity index is 710. The number of rotatable bonds is 5. The van der Waals surface area contributed by atoms with Crippen molar-refractivity contribution in [3.63, 3.8) is 0 Å². The van der Waals surface area contributed by atoms with E-state index in [2.05, 4.69) is 54.6 Å². The molecular weight excluding hydrogens is 428 g/mol. The molecular formula is C16H16Br2N2OS. The van der Waals surface area contributed by atoms with Gasteiger partial charge in [0.05, 0.1) is 15.9 Å². The summed E-state index contributed by atoms with van der Waals surface area (Å²) in [7, 11) is 0. The maximum Gasteiger partial charge on any atom is 0.238 e. The van der Waals surface area contributed by atoms with Gasteiger partial charge in [0.1, 0.15) is 0 Å². The lowest BCUT2D eigenvalue weighted by atomic mass is 10.2. The molecule has 0 atom stereocenters. The lowest BCUT2D eigenvalue weighted by molar-refractivity contribution is -0.115. The molecule has 3 rings (SSSR count). The van der Waals surface area contributed by atoms with Crippen LogP contribution in [-0.2, 0) is 10.3 Å². The Kier molecular flexibility index (Phi) is 4.73. The third-order valence-corrected chi connectivity index (χ3v) is 6.17. The first-order chi connectivity index (χ1) is 10.5. The minimum absolute atomic E-state index is 0.00277. The number of anilines is 1. The van der Waals surface area contributed by atoms with E-state index in [0.29, 0.717) is 6.54 Å². The number of hydrogen-bond acceptors (Lipinski definition) is 3. The van der Waals surface area contributed by atoms with Gasteiger partial charge in [0.25, 0.3) is 0 Å². The number of thiophene rings is 1. The van der Waals surface area contributed by atoms with E-state index in [0.717, 1.165) is 32.4 Å². The van der Waals surface area contributed by atoms with Gasteiger partial charge in [-0.2, -0.15) is 0 Å². The Labute approximate surface area is 150 Å². The third-order valence-electron chi connectivity index (χ3n) is 3.84. The summed E-state index contributed by atoms with van der Waals surface area (Å²) in [5.41, 5.74) is 1.91. The molecule has 3 nitrogen and oxygen atoms in total. The Morgan fingerprint density at radius 2 is 2.05 bits per heavy atom. The first kappa shape index (κ1) is 16.2. The van der Waals surface area contributed by atoms with Crippen LogP contribution in [0.15, 0.2) is 38.6 Å². The van der Waals surface area contributed by atoms with Gasteiger partial charge in [0.2, 0.25) is 5.91 Å². The molecule has 0 saturated heterocycles. The molecule has 1 amide bonds. The third kappa shape index (κ3) is 3.62. The predicted octanol–water partition coefficient (Wildman–Crippen LogP) is 4.80. The molecule has 0 spiro atoms. The lowest BCUT2D eigenvalue weighted by Crippen LogP contribution is -2.35. The van der Waals surface area contributed by atoms with Crippen LogP contribution < -0.4 is 10.6 Å².